The van der Waals surface area contributed by atoms with Crippen molar-refractivity contribution in [1.29, 1.82) is 0 Å². The topological polar surface area (TPSA) is 50.2 Å². The smallest absolute Gasteiger partial charge is 0.279 e. The fourth-order valence-electron chi connectivity index (χ4n) is 5.28. The molecule has 5 nitrogen and oxygen atoms in total. The van der Waals surface area contributed by atoms with Crippen LogP contribution in [0.25, 0.3) is 22.4 Å². The molecule has 0 saturated heterocycles. The van der Waals surface area contributed by atoms with Crippen molar-refractivity contribution in [3.8, 4) is 11.4 Å². The first-order valence-corrected chi connectivity index (χ1v) is 11.1. The number of rotatable bonds is 2. The monoisotopic (exact) mass is 428 g/mol. The van der Waals surface area contributed by atoms with Crippen LogP contribution < -0.4 is 10.2 Å². The highest BCUT2D eigenvalue weighted by atomic mass is 16.2. The van der Waals surface area contributed by atoms with E-state index in [1.807, 2.05) is 83.8 Å². The molecule has 2 aliphatic rings. The Morgan fingerprint density at radius 1 is 0.788 bits per heavy atom. The number of fused-ring (bicyclic) bond motifs is 8. The van der Waals surface area contributed by atoms with Crippen LogP contribution in [0.3, 0.4) is 0 Å². The molecule has 1 spiro atoms. The van der Waals surface area contributed by atoms with Crippen molar-refractivity contribution in [2.75, 3.05) is 10.2 Å². The van der Waals surface area contributed by atoms with Crippen LogP contribution in [-0.2, 0) is 17.0 Å². The molecule has 0 saturated carbocycles. The summed E-state index contributed by atoms with van der Waals surface area (Å²) in [5, 5.41) is 3.66. The van der Waals surface area contributed by atoms with Crippen LogP contribution in [0.1, 0.15) is 11.1 Å². The highest BCUT2D eigenvalue weighted by Gasteiger charge is 2.56. The number of benzene rings is 4. The summed E-state index contributed by atoms with van der Waals surface area (Å²) in [7, 11) is 0. The van der Waals surface area contributed by atoms with Gasteiger partial charge in [-0.2, -0.15) is 0 Å². The number of hydrogen-bond acceptors (Lipinski definition) is 3. The fourth-order valence-corrected chi connectivity index (χ4v) is 5.28. The lowest BCUT2D eigenvalue weighted by Crippen LogP contribution is -2.53. The van der Waals surface area contributed by atoms with Crippen molar-refractivity contribution in [1.82, 2.24) is 9.55 Å². The Labute approximate surface area is 190 Å². The molecule has 0 fully saturated rings. The number of para-hydroxylation sites is 4. The lowest BCUT2D eigenvalue weighted by Gasteiger charge is -2.38. The van der Waals surface area contributed by atoms with E-state index in [4.69, 9.17) is 4.98 Å². The third-order valence-electron chi connectivity index (χ3n) is 6.70. The first kappa shape index (κ1) is 18.2. The maximum atomic E-state index is 14.5. The molecule has 1 atom stereocenters. The van der Waals surface area contributed by atoms with Crippen molar-refractivity contribution in [2.45, 2.75) is 12.2 Å². The number of amides is 1. The zero-order valence-electron chi connectivity index (χ0n) is 17.8. The minimum absolute atomic E-state index is 0.00791. The van der Waals surface area contributed by atoms with Gasteiger partial charge in [0.15, 0.2) is 0 Å². The van der Waals surface area contributed by atoms with E-state index in [0.717, 1.165) is 44.9 Å². The van der Waals surface area contributed by atoms with Crippen LogP contribution in [0.4, 0.5) is 11.4 Å². The summed E-state index contributed by atoms with van der Waals surface area (Å²) in [5.41, 5.74) is 5.54. The average Bonchev–Trinajstić information content (AvgIpc) is 3.36. The molecule has 2 aliphatic heterocycles. The van der Waals surface area contributed by atoms with Gasteiger partial charge >= 0.3 is 0 Å². The molecular weight excluding hydrogens is 408 g/mol. The number of carbonyl (C=O) groups is 1. The zero-order chi connectivity index (χ0) is 22.0. The van der Waals surface area contributed by atoms with Gasteiger partial charge < -0.3 is 10.2 Å². The molecule has 1 aromatic heterocycles. The normalized spacial score (nSPS) is 18.2. The first-order valence-electron chi connectivity index (χ1n) is 11.1. The third kappa shape index (κ3) is 2.36. The number of carbonyl (C=O) groups excluding carboxylic acids is 1. The Balaban J connectivity index is 1.53. The van der Waals surface area contributed by atoms with Crippen LogP contribution in [0.15, 0.2) is 103 Å². The molecule has 4 aromatic carbocycles. The van der Waals surface area contributed by atoms with Crippen LogP contribution in [0, 0.1) is 0 Å². The SMILES string of the molecule is O=C1N(Cc2ccccc2)c2ccccc2[C@@]12Nc1ccccc1-c1nc3ccccc3n12. The summed E-state index contributed by atoms with van der Waals surface area (Å²) in [6.07, 6.45) is 0. The van der Waals surface area contributed by atoms with Crippen molar-refractivity contribution >= 4 is 28.3 Å². The maximum absolute atomic E-state index is 14.5. The zero-order valence-corrected chi connectivity index (χ0v) is 17.8. The van der Waals surface area contributed by atoms with Gasteiger partial charge in [0, 0.05) is 16.8 Å². The Hall–Kier alpha value is -4.38. The number of anilines is 2. The Morgan fingerprint density at radius 2 is 1.52 bits per heavy atom. The van der Waals surface area contributed by atoms with E-state index in [1.165, 1.54) is 0 Å². The summed E-state index contributed by atoms with van der Waals surface area (Å²) < 4.78 is 2.09. The van der Waals surface area contributed by atoms with Crippen LogP contribution in [0.2, 0.25) is 0 Å². The molecule has 1 amide bonds. The number of nitrogens with one attached hydrogen (secondary N) is 1. The molecular formula is C28H20N4O. The molecule has 5 aromatic rings. The van der Waals surface area contributed by atoms with Gasteiger partial charge in [-0.25, -0.2) is 4.98 Å². The average molecular weight is 428 g/mol. The van der Waals surface area contributed by atoms with Crippen LogP contribution >= 0.6 is 0 Å². The summed E-state index contributed by atoms with van der Waals surface area (Å²) in [6, 6.07) is 34.3. The second kappa shape index (κ2) is 6.56. The molecule has 33 heavy (non-hydrogen) atoms. The van der Waals surface area contributed by atoms with E-state index in [-0.39, 0.29) is 5.91 Å². The highest BCUT2D eigenvalue weighted by molar-refractivity contribution is 6.12. The predicted molar refractivity (Wildman–Crippen MR) is 130 cm³/mol. The summed E-state index contributed by atoms with van der Waals surface area (Å²) in [6.45, 7) is 0.504. The number of imidazole rings is 1. The molecule has 0 radical (unpaired) electrons. The van der Waals surface area contributed by atoms with Gasteiger partial charge in [-0.05, 0) is 35.9 Å². The van der Waals surface area contributed by atoms with Gasteiger partial charge in [0.2, 0.25) is 5.66 Å². The van der Waals surface area contributed by atoms with E-state index < -0.39 is 5.66 Å². The Bertz CT molecular complexity index is 1560. The lowest BCUT2D eigenvalue weighted by atomic mass is 9.95. The Kier molecular flexibility index (Phi) is 3.62. The van der Waals surface area contributed by atoms with E-state index >= 15 is 0 Å². The van der Waals surface area contributed by atoms with E-state index in [9.17, 15) is 4.79 Å². The summed E-state index contributed by atoms with van der Waals surface area (Å²) >= 11 is 0. The van der Waals surface area contributed by atoms with E-state index in [0.29, 0.717) is 6.54 Å². The quantitative estimate of drug-likeness (QED) is 0.411. The van der Waals surface area contributed by atoms with Gasteiger partial charge in [-0.15, -0.1) is 0 Å². The molecule has 7 rings (SSSR count). The third-order valence-corrected chi connectivity index (χ3v) is 6.70. The number of aromatic nitrogens is 2. The van der Waals surface area contributed by atoms with Crippen LogP contribution in [-0.4, -0.2) is 15.5 Å². The molecule has 0 bridgehead atoms. The molecule has 0 aliphatic carbocycles. The summed E-state index contributed by atoms with van der Waals surface area (Å²) in [5.74, 6) is 0.793. The molecule has 5 heteroatoms. The second-order valence-corrected chi connectivity index (χ2v) is 8.53. The maximum Gasteiger partial charge on any atom is 0.279 e. The van der Waals surface area contributed by atoms with Gasteiger partial charge in [0.1, 0.15) is 5.82 Å². The van der Waals surface area contributed by atoms with Gasteiger partial charge in [0.25, 0.3) is 5.91 Å². The minimum atomic E-state index is -1.11. The number of hydrogen-bond donors (Lipinski definition) is 1. The standard InChI is InChI=1S/C28H20N4O/c33-27-28(21-13-5-8-16-24(21)31(27)18-19-10-2-1-3-11-19)30-22-14-6-4-12-20(22)26-29-23-15-7-9-17-25(23)32(26)28/h1-17,30H,18H2/t28-/m0/s1. The van der Waals surface area contributed by atoms with Gasteiger partial charge in [-0.3, -0.25) is 9.36 Å². The number of nitrogens with zero attached hydrogens (tertiary/aromatic N) is 3. The van der Waals surface area contributed by atoms with Crippen molar-refractivity contribution in [3.63, 3.8) is 0 Å². The van der Waals surface area contributed by atoms with Crippen molar-refractivity contribution < 1.29 is 4.79 Å². The lowest BCUT2D eigenvalue weighted by molar-refractivity contribution is -0.123. The highest BCUT2D eigenvalue weighted by Crippen LogP contribution is 2.50. The fraction of sp³-hybridized carbons (Fsp3) is 0.0714. The van der Waals surface area contributed by atoms with E-state index in [2.05, 4.69) is 34.1 Å². The molecule has 158 valence electrons. The minimum Gasteiger partial charge on any atom is -0.350 e. The predicted octanol–water partition coefficient (Wildman–Crippen LogP) is 5.38. The molecule has 0 unspecified atom stereocenters. The Morgan fingerprint density at radius 3 is 2.42 bits per heavy atom. The largest absolute Gasteiger partial charge is 0.350 e. The van der Waals surface area contributed by atoms with Crippen LogP contribution in [0.5, 0.6) is 0 Å². The van der Waals surface area contributed by atoms with Crippen molar-refractivity contribution in [2.24, 2.45) is 0 Å². The molecule has 1 N–H and O–H groups in total. The van der Waals surface area contributed by atoms with Gasteiger partial charge in [0.05, 0.1) is 23.3 Å². The summed E-state index contributed by atoms with van der Waals surface area (Å²) in [4.78, 5) is 21.3. The van der Waals surface area contributed by atoms with Crippen molar-refractivity contribution in [3.05, 3.63) is 114 Å². The second-order valence-electron chi connectivity index (χ2n) is 8.53. The first-order chi connectivity index (χ1) is 16.3. The van der Waals surface area contributed by atoms with Gasteiger partial charge in [-0.1, -0.05) is 72.8 Å². The molecule has 3 heterocycles. The van der Waals surface area contributed by atoms with E-state index in [1.54, 1.807) is 0 Å².